The van der Waals surface area contributed by atoms with Gasteiger partial charge in [-0.1, -0.05) is 37.3 Å². The molecule has 14 heteroatoms. The van der Waals surface area contributed by atoms with Crippen LogP contribution in [0.15, 0.2) is 48.4 Å². The number of nitrogens with one attached hydrogen (secondary N) is 1. The van der Waals surface area contributed by atoms with E-state index in [1.165, 1.54) is 11.3 Å². The molecule has 6 rings (SSSR count). The Morgan fingerprint density at radius 2 is 2.07 bits per heavy atom. The first-order valence-corrected chi connectivity index (χ1v) is 19.2. The normalized spacial score (nSPS) is 16.5. The molecular formula is C29H35ClN8O3SSi. The molecule has 0 radical (unpaired) electrons. The maximum atomic E-state index is 13.5. The van der Waals surface area contributed by atoms with Gasteiger partial charge in [-0.05, 0) is 43.9 Å². The molecule has 1 saturated heterocycles. The van der Waals surface area contributed by atoms with Crippen molar-refractivity contribution in [3.8, 4) is 11.1 Å². The van der Waals surface area contributed by atoms with Crippen LogP contribution in [0.25, 0.3) is 22.0 Å². The molecule has 0 saturated carbocycles. The van der Waals surface area contributed by atoms with Gasteiger partial charge in [0.2, 0.25) is 0 Å². The van der Waals surface area contributed by atoms with E-state index in [0.717, 1.165) is 53.6 Å². The third-order valence-electron chi connectivity index (χ3n) is 7.76. The molecule has 43 heavy (non-hydrogen) atoms. The van der Waals surface area contributed by atoms with Gasteiger partial charge in [0.1, 0.15) is 13.0 Å². The van der Waals surface area contributed by atoms with Gasteiger partial charge in [-0.2, -0.15) is 15.3 Å². The topological polar surface area (TPSA) is 114 Å². The first-order chi connectivity index (χ1) is 20.6. The van der Waals surface area contributed by atoms with Crippen LogP contribution >= 0.6 is 22.9 Å². The second-order valence-corrected chi connectivity index (χ2v) is 18.9. The van der Waals surface area contributed by atoms with E-state index in [2.05, 4.69) is 47.1 Å². The molecule has 4 aromatic heterocycles. The summed E-state index contributed by atoms with van der Waals surface area (Å²) in [5, 5.41) is 19.2. The van der Waals surface area contributed by atoms with Gasteiger partial charge in [-0.25, -0.2) is 14.3 Å². The lowest BCUT2D eigenvalue weighted by atomic mass is 10.1. The lowest BCUT2D eigenvalue weighted by molar-refractivity contribution is -0.0394. The van der Waals surface area contributed by atoms with E-state index in [1.54, 1.807) is 21.8 Å². The van der Waals surface area contributed by atoms with Crippen LogP contribution in [0.3, 0.4) is 0 Å². The lowest BCUT2D eigenvalue weighted by Gasteiger charge is -2.25. The van der Waals surface area contributed by atoms with Gasteiger partial charge in [0.05, 0.1) is 43.9 Å². The number of nitrogens with zero attached hydrogens (tertiary/aromatic N) is 7. The monoisotopic (exact) mass is 638 g/mol. The molecule has 0 bridgehead atoms. The van der Waals surface area contributed by atoms with Crippen LogP contribution in [0.4, 0.5) is 5.69 Å². The van der Waals surface area contributed by atoms with Crippen LogP contribution in [0, 0.1) is 0 Å². The molecule has 0 spiro atoms. The standard InChI is InChI=1S/C29H35ClN8O3SSi/c1-19(43(2,3)4)41-18-38-25-11-20(21-12-32-37(14-21)26-7-5-6-10-40-26)8-9-24(25)27(35-38)28(39)33-22-13-31-36(15-22)16-23-17-42-29(30)34-23/h8-9,11-15,17,19,26H,5-7,10,16,18H2,1-4H3,(H,33,39). The van der Waals surface area contributed by atoms with Crippen molar-refractivity contribution < 1.29 is 14.3 Å². The SMILES string of the molecule is CC(OCn1nc(C(=O)Nc2cnn(Cc3csc(Cl)n3)c2)c2ccc(-c3cnn(C4CCCCO4)c3)cc21)[Si](C)(C)C. The van der Waals surface area contributed by atoms with E-state index < -0.39 is 8.07 Å². The van der Waals surface area contributed by atoms with Gasteiger partial charge in [0.15, 0.2) is 10.2 Å². The average molecular weight is 639 g/mol. The molecule has 1 fully saturated rings. The second-order valence-electron chi connectivity index (χ2n) is 11.9. The summed E-state index contributed by atoms with van der Waals surface area (Å²) in [6.45, 7) is 10.4. The summed E-state index contributed by atoms with van der Waals surface area (Å²) in [4.78, 5) is 17.8. The Morgan fingerprint density at radius 1 is 1.21 bits per heavy atom. The molecule has 5 heterocycles. The van der Waals surface area contributed by atoms with E-state index in [9.17, 15) is 4.79 Å². The molecule has 1 amide bonds. The van der Waals surface area contributed by atoms with Gasteiger partial charge >= 0.3 is 0 Å². The molecule has 1 aromatic carbocycles. The number of aromatic nitrogens is 7. The van der Waals surface area contributed by atoms with Gasteiger partial charge in [0, 0.05) is 41.1 Å². The second kappa shape index (κ2) is 12.3. The quantitative estimate of drug-likeness (QED) is 0.175. The fraction of sp³-hybridized carbons (Fsp3) is 0.414. The van der Waals surface area contributed by atoms with E-state index >= 15 is 0 Å². The van der Waals surface area contributed by atoms with Gasteiger partial charge in [-0.15, -0.1) is 11.3 Å². The summed E-state index contributed by atoms with van der Waals surface area (Å²) in [6, 6.07) is 5.98. The fourth-order valence-corrected chi connectivity index (χ4v) is 6.20. The van der Waals surface area contributed by atoms with Crippen LogP contribution < -0.4 is 5.32 Å². The Bertz CT molecular complexity index is 1730. The zero-order valence-corrected chi connectivity index (χ0v) is 27.2. The molecule has 0 aliphatic carbocycles. The molecule has 1 aliphatic rings. The number of rotatable bonds is 10. The summed E-state index contributed by atoms with van der Waals surface area (Å²) < 4.78 is 18.0. The van der Waals surface area contributed by atoms with Crippen molar-refractivity contribution in [2.24, 2.45) is 0 Å². The van der Waals surface area contributed by atoms with Crippen LogP contribution in [0.5, 0.6) is 0 Å². The molecule has 5 aromatic rings. The molecule has 2 atom stereocenters. The highest BCUT2D eigenvalue weighted by Crippen LogP contribution is 2.29. The van der Waals surface area contributed by atoms with Gasteiger partial charge in [0.25, 0.3) is 5.91 Å². The molecule has 1 N–H and O–H groups in total. The number of benzene rings is 1. The number of carbonyl (C=O) groups excluding carboxylic acids is 1. The number of hydrogen-bond donors (Lipinski definition) is 1. The lowest BCUT2D eigenvalue weighted by Crippen LogP contribution is -2.38. The third-order valence-corrected chi connectivity index (χ3v) is 11.4. The van der Waals surface area contributed by atoms with E-state index in [4.69, 9.17) is 26.2 Å². The number of carbonyl (C=O) groups is 1. The number of ether oxygens (including phenoxy) is 2. The Balaban J connectivity index is 1.27. The van der Waals surface area contributed by atoms with Gasteiger partial charge < -0.3 is 14.8 Å². The Morgan fingerprint density at radius 3 is 2.81 bits per heavy atom. The minimum absolute atomic E-state index is 0.0350. The molecule has 226 valence electrons. The number of hydrogen-bond acceptors (Lipinski definition) is 8. The van der Waals surface area contributed by atoms with Crippen molar-refractivity contribution in [2.45, 2.75) is 71.1 Å². The largest absolute Gasteiger partial charge is 0.360 e. The van der Waals surface area contributed by atoms with Crippen molar-refractivity contribution in [2.75, 3.05) is 11.9 Å². The first-order valence-electron chi connectivity index (χ1n) is 14.4. The summed E-state index contributed by atoms with van der Waals surface area (Å²) in [6.07, 6.45) is 10.4. The highest BCUT2D eigenvalue weighted by Gasteiger charge is 2.25. The summed E-state index contributed by atoms with van der Waals surface area (Å²) in [5.41, 5.74) is 4.55. The first kappa shape index (κ1) is 29.7. The fourth-order valence-electron chi connectivity index (χ4n) is 4.85. The van der Waals surface area contributed by atoms with Crippen molar-refractivity contribution >= 4 is 53.5 Å². The summed E-state index contributed by atoms with van der Waals surface area (Å²) >= 11 is 7.32. The van der Waals surface area contributed by atoms with Crippen molar-refractivity contribution in [1.82, 2.24) is 34.3 Å². The highest BCUT2D eigenvalue weighted by molar-refractivity contribution is 7.13. The Hall–Kier alpha value is -3.36. The minimum Gasteiger partial charge on any atom is -0.360 e. The predicted octanol–water partition coefficient (Wildman–Crippen LogP) is 6.45. The maximum absolute atomic E-state index is 13.5. The Kier molecular flexibility index (Phi) is 8.51. The van der Waals surface area contributed by atoms with Crippen molar-refractivity contribution in [3.05, 3.63) is 64.2 Å². The summed E-state index contributed by atoms with van der Waals surface area (Å²) in [5.74, 6) is -0.326. The van der Waals surface area contributed by atoms with Crippen LogP contribution in [-0.2, 0) is 22.7 Å². The maximum Gasteiger partial charge on any atom is 0.276 e. The van der Waals surface area contributed by atoms with Crippen LogP contribution in [0.2, 0.25) is 24.1 Å². The number of fused-ring (bicyclic) bond motifs is 1. The molecular weight excluding hydrogens is 604 g/mol. The van der Waals surface area contributed by atoms with Crippen LogP contribution in [0.1, 0.15) is 48.6 Å². The van der Waals surface area contributed by atoms with E-state index in [0.29, 0.717) is 22.4 Å². The minimum atomic E-state index is -1.54. The van der Waals surface area contributed by atoms with Crippen molar-refractivity contribution in [3.63, 3.8) is 0 Å². The highest BCUT2D eigenvalue weighted by atomic mass is 35.5. The number of halogens is 1. The van der Waals surface area contributed by atoms with E-state index in [1.807, 2.05) is 40.7 Å². The summed E-state index contributed by atoms with van der Waals surface area (Å²) in [7, 11) is -1.54. The number of thiazole rings is 1. The average Bonchev–Trinajstić information content (AvgIpc) is 3.79. The number of anilines is 1. The molecule has 1 aliphatic heterocycles. The molecule has 11 nitrogen and oxygen atoms in total. The smallest absolute Gasteiger partial charge is 0.276 e. The van der Waals surface area contributed by atoms with Gasteiger partial charge in [-0.3, -0.25) is 9.48 Å². The Labute approximate surface area is 259 Å². The number of amides is 1. The molecule has 2 unspecified atom stereocenters. The predicted molar refractivity (Wildman–Crippen MR) is 170 cm³/mol. The van der Waals surface area contributed by atoms with Crippen LogP contribution in [-0.4, -0.2) is 60.6 Å². The zero-order valence-electron chi connectivity index (χ0n) is 24.7. The third kappa shape index (κ3) is 6.75. The zero-order chi connectivity index (χ0) is 30.1. The van der Waals surface area contributed by atoms with E-state index in [-0.39, 0.29) is 24.6 Å². The van der Waals surface area contributed by atoms with Crippen molar-refractivity contribution in [1.29, 1.82) is 0 Å².